The Morgan fingerprint density at radius 3 is 1.83 bits per heavy atom. The van der Waals surface area contributed by atoms with Crippen LogP contribution in [0.3, 0.4) is 0 Å². The minimum Gasteiger partial charge on any atom is -0.304 e. The van der Waals surface area contributed by atoms with Crippen molar-refractivity contribution in [3.63, 3.8) is 0 Å². The average Bonchev–Trinajstić information content (AvgIpc) is 2.21. The summed E-state index contributed by atoms with van der Waals surface area (Å²) in [6.45, 7) is 11.7. The van der Waals surface area contributed by atoms with Crippen molar-refractivity contribution in [2.75, 3.05) is 11.5 Å². The van der Waals surface area contributed by atoms with E-state index in [0.717, 1.165) is 11.5 Å². The van der Waals surface area contributed by atoms with Gasteiger partial charge in [-0.05, 0) is 33.4 Å². The van der Waals surface area contributed by atoms with Crippen molar-refractivity contribution >= 4 is 40.9 Å². The quantitative estimate of drug-likeness (QED) is 0.300. The monoisotopic (exact) mass is 332 g/mol. The summed E-state index contributed by atoms with van der Waals surface area (Å²) in [6, 6.07) is 0. The zero-order chi connectivity index (χ0) is 14.2. The first-order valence-electron chi connectivity index (χ1n) is 6.22. The molecule has 3 nitrogen and oxygen atoms in total. The minimum absolute atomic E-state index is 0.0956. The highest BCUT2D eigenvalue weighted by molar-refractivity contribution is 8.79. The Balaban J connectivity index is 4.88. The molecular formula is C11H25O3PS3. The van der Waals surface area contributed by atoms with Crippen LogP contribution < -0.4 is 0 Å². The van der Waals surface area contributed by atoms with Crippen LogP contribution >= 0.6 is 40.9 Å². The van der Waals surface area contributed by atoms with Crippen molar-refractivity contribution in [3.8, 4) is 0 Å². The maximum absolute atomic E-state index is 12.9. The molecule has 1 atom stereocenters. The fourth-order valence-corrected chi connectivity index (χ4v) is 9.19. The second-order valence-electron chi connectivity index (χ2n) is 4.11. The highest BCUT2D eigenvalue weighted by Crippen LogP contribution is 2.64. The second-order valence-corrected chi connectivity index (χ2v) is 11.3. The van der Waals surface area contributed by atoms with Gasteiger partial charge in [0.05, 0.1) is 12.2 Å². The van der Waals surface area contributed by atoms with E-state index in [1.807, 2.05) is 27.7 Å². The first kappa shape index (κ1) is 19.2. The first-order chi connectivity index (χ1) is 8.35. The van der Waals surface area contributed by atoms with Crippen LogP contribution in [0.1, 0.15) is 41.5 Å². The maximum Gasteiger partial charge on any atom is 0.354 e. The van der Waals surface area contributed by atoms with E-state index >= 15 is 0 Å². The average molecular weight is 332 g/mol. The van der Waals surface area contributed by atoms with E-state index in [1.165, 1.54) is 0 Å². The van der Waals surface area contributed by atoms with Crippen molar-refractivity contribution in [3.05, 3.63) is 0 Å². The number of rotatable bonds is 10. The lowest BCUT2D eigenvalue weighted by Gasteiger charge is -2.28. The van der Waals surface area contributed by atoms with Crippen LogP contribution in [0.25, 0.3) is 0 Å². The summed E-state index contributed by atoms with van der Waals surface area (Å²) < 4.78 is 24.1. The molecule has 0 spiro atoms. The summed E-state index contributed by atoms with van der Waals surface area (Å²) in [5.41, 5.74) is 0. The molecule has 0 rings (SSSR count). The van der Waals surface area contributed by atoms with Gasteiger partial charge in [0.2, 0.25) is 0 Å². The Labute approximate surface area is 124 Å². The van der Waals surface area contributed by atoms with Crippen LogP contribution in [0, 0.1) is 0 Å². The van der Waals surface area contributed by atoms with Crippen LogP contribution in [0.4, 0.5) is 0 Å². The van der Waals surface area contributed by atoms with Crippen molar-refractivity contribution in [1.82, 2.24) is 0 Å². The Morgan fingerprint density at radius 1 is 1.00 bits per heavy atom. The molecule has 0 radical (unpaired) electrons. The molecule has 0 heterocycles. The molecule has 0 fully saturated rings. The molecule has 0 aromatic carbocycles. The van der Waals surface area contributed by atoms with Gasteiger partial charge in [0.1, 0.15) is 0 Å². The third-order valence-electron chi connectivity index (χ3n) is 1.55. The van der Waals surface area contributed by atoms with Crippen LogP contribution in [0.2, 0.25) is 0 Å². The first-order valence-corrected chi connectivity index (χ1v) is 11.3. The Bertz CT molecular complexity index is 248. The summed E-state index contributed by atoms with van der Waals surface area (Å²) in [7, 11) is 0.221. The topological polar surface area (TPSA) is 35.5 Å². The van der Waals surface area contributed by atoms with Gasteiger partial charge < -0.3 is 9.05 Å². The van der Waals surface area contributed by atoms with Gasteiger partial charge in [0.25, 0.3) is 0 Å². The molecule has 110 valence electrons. The summed E-state index contributed by atoms with van der Waals surface area (Å²) >= 11 is 1.64. The molecule has 0 amide bonds. The van der Waals surface area contributed by atoms with Crippen molar-refractivity contribution in [1.29, 1.82) is 0 Å². The lowest BCUT2D eigenvalue weighted by Crippen LogP contribution is -2.14. The summed E-state index contributed by atoms with van der Waals surface area (Å²) in [5, 5.41) is 0. The molecule has 0 aliphatic rings. The van der Waals surface area contributed by atoms with Gasteiger partial charge in [0.15, 0.2) is 4.32 Å². The van der Waals surface area contributed by atoms with E-state index in [0.29, 0.717) is 0 Å². The van der Waals surface area contributed by atoms with Crippen LogP contribution in [-0.4, -0.2) is 28.0 Å². The van der Waals surface area contributed by atoms with Gasteiger partial charge in [-0.2, -0.15) is 0 Å². The standard InChI is InChI=1S/C11H25O3PS3/c1-7-16-11(18-17-8-2)15(12,13-9(3)4)14-10(5)6/h9-11H,7-8H2,1-6H3. The molecule has 0 aliphatic heterocycles. The number of thioether (sulfide) groups is 1. The van der Waals surface area contributed by atoms with Crippen molar-refractivity contribution < 1.29 is 13.6 Å². The van der Waals surface area contributed by atoms with Crippen molar-refractivity contribution in [2.24, 2.45) is 0 Å². The smallest absolute Gasteiger partial charge is 0.304 e. The number of hydrogen-bond donors (Lipinski definition) is 0. The van der Waals surface area contributed by atoms with Crippen LogP contribution in [-0.2, 0) is 13.6 Å². The van der Waals surface area contributed by atoms with Gasteiger partial charge in [-0.3, -0.25) is 4.57 Å². The van der Waals surface area contributed by atoms with E-state index in [4.69, 9.17) is 9.05 Å². The second kappa shape index (κ2) is 10.0. The van der Waals surface area contributed by atoms with E-state index in [-0.39, 0.29) is 16.5 Å². The lowest BCUT2D eigenvalue weighted by molar-refractivity contribution is 0.144. The molecule has 0 saturated heterocycles. The normalized spacial score (nSPS) is 14.4. The summed E-state index contributed by atoms with van der Waals surface area (Å²) in [4.78, 5) is 0. The predicted molar refractivity (Wildman–Crippen MR) is 87.7 cm³/mol. The molecule has 0 bridgehead atoms. The van der Waals surface area contributed by atoms with Gasteiger partial charge in [-0.25, -0.2) is 0 Å². The molecule has 7 heteroatoms. The third-order valence-corrected chi connectivity index (χ3v) is 10.1. The van der Waals surface area contributed by atoms with Gasteiger partial charge >= 0.3 is 7.60 Å². The minimum atomic E-state index is -3.08. The van der Waals surface area contributed by atoms with Crippen LogP contribution in [0.15, 0.2) is 0 Å². The van der Waals surface area contributed by atoms with Gasteiger partial charge in [0, 0.05) is 5.75 Å². The summed E-state index contributed by atoms with van der Waals surface area (Å²) in [5.74, 6) is 1.88. The molecule has 18 heavy (non-hydrogen) atoms. The van der Waals surface area contributed by atoms with Crippen LogP contribution in [0.5, 0.6) is 0 Å². The van der Waals surface area contributed by atoms with E-state index in [2.05, 4.69) is 13.8 Å². The Hall–Kier alpha value is 1.20. The molecule has 0 N–H and O–H groups in total. The Kier molecular flexibility index (Phi) is 10.7. The molecule has 0 aromatic rings. The molecule has 1 unspecified atom stereocenters. The van der Waals surface area contributed by atoms with E-state index < -0.39 is 7.60 Å². The maximum atomic E-state index is 12.9. The van der Waals surface area contributed by atoms with Crippen molar-refractivity contribution in [2.45, 2.75) is 58.1 Å². The lowest BCUT2D eigenvalue weighted by atomic mass is 10.5. The van der Waals surface area contributed by atoms with E-state index in [9.17, 15) is 4.57 Å². The molecule has 0 saturated carbocycles. The Morgan fingerprint density at radius 2 is 1.50 bits per heavy atom. The molecule has 0 aliphatic carbocycles. The third kappa shape index (κ3) is 7.71. The summed E-state index contributed by atoms with van der Waals surface area (Å²) in [6.07, 6.45) is -0.191. The van der Waals surface area contributed by atoms with Gasteiger partial charge in [-0.15, -0.1) is 11.8 Å². The van der Waals surface area contributed by atoms with E-state index in [1.54, 1.807) is 33.3 Å². The number of hydrogen-bond acceptors (Lipinski definition) is 6. The van der Waals surface area contributed by atoms with Gasteiger partial charge in [-0.1, -0.05) is 35.4 Å². The predicted octanol–water partition coefficient (Wildman–Crippen LogP) is 5.47. The zero-order valence-electron chi connectivity index (χ0n) is 12.0. The largest absolute Gasteiger partial charge is 0.354 e. The zero-order valence-corrected chi connectivity index (χ0v) is 15.4. The fourth-order valence-electron chi connectivity index (χ4n) is 1.15. The molecular weight excluding hydrogens is 307 g/mol. The molecule has 0 aromatic heterocycles. The fraction of sp³-hybridized carbons (Fsp3) is 1.00. The highest BCUT2D eigenvalue weighted by Gasteiger charge is 2.38. The SMILES string of the molecule is CCSSC(SCC)P(=O)(OC(C)C)OC(C)C. The highest BCUT2D eigenvalue weighted by atomic mass is 33.1.